The molecular weight excluding hydrogens is 963 g/mol. The quantitative estimate of drug-likeness (QED) is 0.0459. The Morgan fingerprint density at radius 1 is 0.841 bits per heavy atom. The van der Waals surface area contributed by atoms with Crippen molar-refractivity contribution in [1.29, 1.82) is 0 Å². The van der Waals surface area contributed by atoms with Gasteiger partial charge in [-0.05, 0) is 85.7 Å². The summed E-state index contributed by atoms with van der Waals surface area (Å²) in [6.45, 7) is 12.0. The fourth-order valence-electron chi connectivity index (χ4n) is 8.20. The summed E-state index contributed by atoms with van der Waals surface area (Å²) < 4.78 is 126. The first-order valence-corrected chi connectivity index (χ1v) is 27.1. The second-order valence-corrected chi connectivity index (χ2v) is 22.3. The zero-order valence-corrected chi connectivity index (χ0v) is 41.9. The zero-order chi connectivity index (χ0) is 50.8. The smallest absolute Gasteiger partial charge is 0.335 e. The van der Waals surface area contributed by atoms with Crippen LogP contribution in [0.15, 0.2) is 69.6 Å². The molecule has 1 unspecified atom stereocenters. The van der Waals surface area contributed by atoms with Crippen LogP contribution in [0.2, 0.25) is 0 Å². The van der Waals surface area contributed by atoms with E-state index in [4.69, 9.17) is 23.5 Å². The number of ether oxygens (including phenoxy) is 3. The van der Waals surface area contributed by atoms with Gasteiger partial charge in [0, 0.05) is 54.2 Å². The standard InChI is InChI=1S/C46H61N3O17S3/c1-6-47(20-9-29-68(56,57)58)33-12-14-36-37(45(2,3)4)31-34(65-40(36)30-33)10-7-11-41-46(5,19-8-28-67(53,54)55)38-32-35(69(59,60)61)13-15-39(38)48(41)21-23-63-25-27-64-26-24-62-22-18-44(52)66-49-42(50)16-17-43(49)51/h7,10-15,30-32H,6,8-9,16-29H2,1-5H3,(H2-,53,54,55,56,57,58,59,60,61)/p+1. The number of imide groups is 1. The van der Waals surface area contributed by atoms with Crippen molar-refractivity contribution in [2.45, 2.75) is 88.9 Å². The van der Waals surface area contributed by atoms with Crippen molar-refractivity contribution < 1.29 is 76.8 Å². The molecule has 1 fully saturated rings. The van der Waals surface area contributed by atoms with Crippen LogP contribution in [0.3, 0.4) is 0 Å². The predicted molar refractivity (Wildman–Crippen MR) is 254 cm³/mol. The molecule has 0 radical (unpaired) electrons. The van der Waals surface area contributed by atoms with Gasteiger partial charge < -0.3 is 28.4 Å². The number of allylic oxidation sites excluding steroid dienone is 3. The molecule has 0 saturated carbocycles. The van der Waals surface area contributed by atoms with Crippen LogP contribution in [0.4, 0.5) is 5.69 Å². The van der Waals surface area contributed by atoms with E-state index >= 15 is 0 Å². The van der Waals surface area contributed by atoms with Crippen molar-refractivity contribution >= 4 is 59.9 Å². The lowest BCUT2D eigenvalue weighted by Crippen LogP contribution is -2.32. The van der Waals surface area contributed by atoms with Crippen molar-refractivity contribution in [1.82, 2.24) is 9.64 Å². The number of carbonyl (C=O) groups excluding carboxylic acids is 3. The van der Waals surface area contributed by atoms with Gasteiger partial charge in [-0.2, -0.15) is 25.3 Å². The fourth-order valence-corrected chi connectivity index (χ4v) is 9.71. The van der Waals surface area contributed by atoms with E-state index in [9.17, 15) is 53.3 Å². The van der Waals surface area contributed by atoms with Crippen LogP contribution in [0.25, 0.3) is 17.4 Å². The third kappa shape index (κ3) is 15.6. The van der Waals surface area contributed by atoms with Gasteiger partial charge in [0.15, 0.2) is 0 Å². The summed E-state index contributed by atoms with van der Waals surface area (Å²) in [5.74, 6) is -1.77. The average molecular weight is 1030 g/mol. The third-order valence-electron chi connectivity index (χ3n) is 11.6. The van der Waals surface area contributed by atoms with Crippen molar-refractivity contribution in [2.75, 3.05) is 75.7 Å². The van der Waals surface area contributed by atoms with Crippen LogP contribution < -0.4 is 14.8 Å². The summed E-state index contributed by atoms with van der Waals surface area (Å²) >= 11 is 0. The monoisotopic (exact) mass is 1020 g/mol. The zero-order valence-electron chi connectivity index (χ0n) is 39.4. The Balaban J connectivity index is 1.36. The van der Waals surface area contributed by atoms with Crippen LogP contribution in [0.1, 0.15) is 90.0 Å². The minimum atomic E-state index is -4.64. The first-order valence-electron chi connectivity index (χ1n) is 22.5. The number of hydrogen-bond donors (Lipinski definition) is 3. The third-order valence-corrected chi connectivity index (χ3v) is 14.1. The van der Waals surface area contributed by atoms with Gasteiger partial charge in [-0.15, -0.1) is 5.06 Å². The Hall–Kier alpha value is -4.85. The molecule has 0 aromatic heterocycles. The van der Waals surface area contributed by atoms with Gasteiger partial charge in [0.05, 0.1) is 68.5 Å². The molecule has 1 atom stereocenters. The maximum Gasteiger partial charge on any atom is 0.335 e. The lowest BCUT2D eigenvalue weighted by atomic mass is 9.77. The van der Waals surface area contributed by atoms with Gasteiger partial charge in [0.2, 0.25) is 5.36 Å². The Bertz CT molecular complexity index is 2780. The number of benzene rings is 2. The molecule has 3 N–H and O–H groups in total. The van der Waals surface area contributed by atoms with Gasteiger partial charge in [-0.3, -0.25) is 23.2 Å². The van der Waals surface area contributed by atoms with Gasteiger partial charge in [-0.1, -0.05) is 26.8 Å². The predicted octanol–water partition coefficient (Wildman–Crippen LogP) is 4.39. The lowest BCUT2D eigenvalue weighted by molar-refractivity contribution is -0.198. The second kappa shape index (κ2) is 23.4. The molecular formula is C46H62N3O17S3+. The fraction of sp³-hybridized carbons (Fsp3) is 0.522. The molecule has 3 aliphatic heterocycles. The van der Waals surface area contributed by atoms with E-state index in [0.29, 0.717) is 46.6 Å². The number of carbonyl (C=O) groups is 3. The second-order valence-electron chi connectivity index (χ2n) is 17.8. The molecule has 0 spiro atoms. The summed E-state index contributed by atoms with van der Waals surface area (Å²) in [4.78, 5) is 41.6. The Morgan fingerprint density at radius 3 is 2.07 bits per heavy atom. The number of anilines is 1. The largest absolute Gasteiger partial charge is 0.456 e. The summed E-state index contributed by atoms with van der Waals surface area (Å²) in [6, 6.07) is 11.9. The lowest BCUT2D eigenvalue weighted by Gasteiger charge is -2.30. The van der Waals surface area contributed by atoms with Crippen LogP contribution >= 0.6 is 0 Å². The minimum absolute atomic E-state index is 0.00387. The average Bonchev–Trinajstić information content (AvgIpc) is 3.69. The Labute approximate surface area is 403 Å². The summed E-state index contributed by atoms with van der Waals surface area (Å²) in [5, 5.41) is 1.27. The number of amides is 2. The molecule has 69 heavy (non-hydrogen) atoms. The van der Waals surface area contributed by atoms with E-state index in [2.05, 4.69) is 20.8 Å². The summed E-state index contributed by atoms with van der Waals surface area (Å²) in [5.41, 5.74) is 2.22. The first kappa shape index (κ1) is 55.1. The Kier molecular flexibility index (Phi) is 18.7. The minimum Gasteiger partial charge on any atom is -0.456 e. The highest BCUT2D eigenvalue weighted by Gasteiger charge is 2.44. The highest BCUT2D eigenvalue weighted by Crippen LogP contribution is 2.51. The van der Waals surface area contributed by atoms with Crippen molar-refractivity contribution in [3.63, 3.8) is 0 Å². The SMILES string of the molecule is CC[N+](CCCS(=O)(=O)O)=c1ccc2c(C(C)(C)C)cc(/C=C/C=C3/N(CCOCCOCCOCCC(=O)ON4C(=O)CCC4=O)c4ccc(S(=O)(=O)O)cc4C3(C)CCCS(=O)(=O)O)oc-2c1. The van der Waals surface area contributed by atoms with E-state index in [1.807, 2.05) is 53.7 Å². The topological polar surface area (TPSA) is 274 Å². The van der Waals surface area contributed by atoms with Crippen molar-refractivity contribution in [2.24, 2.45) is 0 Å². The van der Waals surface area contributed by atoms with E-state index in [0.717, 1.165) is 16.5 Å². The normalized spacial score (nSPS) is 18.0. The molecule has 3 heterocycles. The van der Waals surface area contributed by atoms with Crippen LogP contribution in [0.5, 0.6) is 0 Å². The van der Waals surface area contributed by atoms with Crippen LogP contribution in [-0.4, -0.2) is 133 Å². The molecule has 1 aromatic rings. The molecule has 2 amide bonds. The summed E-state index contributed by atoms with van der Waals surface area (Å²) in [6.07, 6.45) is 5.54. The number of fused-ring (bicyclic) bond motifs is 2. The molecule has 1 saturated heterocycles. The van der Waals surface area contributed by atoms with Crippen LogP contribution in [-0.2, 0) is 74.6 Å². The number of hydroxylamine groups is 2. The molecule has 23 heteroatoms. The van der Waals surface area contributed by atoms with Gasteiger partial charge in [0.25, 0.3) is 42.2 Å². The molecule has 5 rings (SSSR count). The van der Waals surface area contributed by atoms with Gasteiger partial charge in [-0.25, -0.2) is 9.37 Å². The van der Waals surface area contributed by atoms with E-state index in [-0.39, 0.29) is 101 Å². The number of hydrogen-bond acceptors (Lipinski definition) is 15. The molecule has 1 aliphatic carbocycles. The van der Waals surface area contributed by atoms with Gasteiger partial charge >= 0.3 is 5.97 Å². The maximum atomic E-state index is 12.4. The van der Waals surface area contributed by atoms with Crippen LogP contribution in [0, 0.1) is 0 Å². The number of rotatable bonds is 25. The molecule has 380 valence electrons. The maximum absolute atomic E-state index is 12.4. The van der Waals surface area contributed by atoms with Crippen molar-refractivity contribution in [3.8, 4) is 11.3 Å². The first-order chi connectivity index (χ1) is 32.3. The molecule has 20 nitrogen and oxygen atoms in total. The highest BCUT2D eigenvalue weighted by atomic mass is 32.2. The van der Waals surface area contributed by atoms with Crippen molar-refractivity contribution in [3.05, 3.63) is 82.6 Å². The number of nitrogens with zero attached hydrogens (tertiary/aromatic N) is 3. The molecule has 1 aromatic carbocycles. The van der Waals surface area contributed by atoms with E-state index in [1.54, 1.807) is 18.2 Å². The molecule has 4 aliphatic rings. The Morgan fingerprint density at radius 2 is 1.46 bits per heavy atom. The summed E-state index contributed by atoms with van der Waals surface area (Å²) in [7, 11) is -13.1. The van der Waals surface area contributed by atoms with E-state index in [1.165, 1.54) is 12.1 Å². The van der Waals surface area contributed by atoms with Gasteiger partial charge in [0.1, 0.15) is 24.6 Å². The highest BCUT2D eigenvalue weighted by molar-refractivity contribution is 7.86. The molecule has 0 bridgehead atoms. The van der Waals surface area contributed by atoms with E-state index < -0.39 is 59.3 Å².